The lowest BCUT2D eigenvalue weighted by atomic mass is 10.1. The van der Waals surface area contributed by atoms with Crippen LogP contribution in [0.3, 0.4) is 0 Å². The van der Waals surface area contributed by atoms with Gasteiger partial charge >= 0.3 is 0 Å². The largest absolute Gasteiger partial charge is 0.454 e. The number of hydrogen-bond donors (Lipinski definition) is 0. The molecule has 3 heterocycles. The summed E-state index contributed by atoms with van der Waals surface area (Å²) in [5.41, 5.74) is 1.73. The second-order valence-corrected chi connectivity index (χ2v) is 7.54. The Bertz CT molecular complexity index is 1010. The van der Waals surface area contributed by atoms with Crippen molar-refractivity contribution in [3.05, 3.63) is 59.7 Å². The van der Waals surface area contributed by atoms with E-state index in [1.165, 1.54) is 0 Å². The molecular formula is C24H22N2O6. The fourth-order valence-corrected chi connectivity index (χ4v) is 3.73. The highest BCUT2D eigenvalue weighted by Gasteiger charge is 2.22. The van der Waals surface area contributed by atoms with Gasteiger partial charge in [-0.3, -0.25) is 9.59 Å². The van der Waals surface area contributed by atoms with E-state index >= 15 is 0 Å². The molecule has 8 nitrogen and oxygen atoms in total. The Kier molecular flexibility index (Phi) is 5.41. The SMILES string of the molecule is O=C(/C=C\c1ccc2c(c1)OCO2)N1CCN(C(=O)/C=C/c2ccc3c(c2)OCO3)CC1. The molecule has 2 aromatic rings. The van der Waals surface area contributed by atoms with Crippen LogP contribution in [-0.4, -0.2) is 61.4 Å². The van der Waals surface area contributed by atoms with Gasteiger partial charge in [-0.25, -0.2) is 0 Å². The van der Waals surface area contributed by atoms with E-state index in [4.69, 9.17) is 18.9 Å². The van der Waals surface area contributed by atoms with Crippen LogP contribution in [0.15, 0.2) is 48.6 Å². The summed E-state index contributed by atoms with van der Waals surface area (Å²) in [6.07, 6.45) is 6.62. The van der Waals surface area contributed by atoms with Crippen molar-refractivity contribution >= 4 is 24.0 Å². The summed E-state index contributed by atoms with van der Waals surface area (Å²) in [4.78, 5) is 28.5. The highest BCUT2D eigenvalue weighted by Crippen LogP contribution is 2.33. The van der Waals surface area contributed by atoms with Crippen molar-refractivity contribution in [3.8, 4) is 23.0 Å². The number of amides is 2. The van der Waals surface area contributed by atoms with Gasteiger partial charge in [0.2, 0.25) is 25.4 Å². The molecule has 0 radical (unpaired) electrons. The molecule has 1 saturated heterocycles. The first-order valence-corrected chi connectivity index (χ1v) is 10.4. The molecule has 0 bridgehead atoms. The van der Waals surface area contributed by atoms with Crippen molar-refractivity contribution < 1.29 is 28.5 Å². The molecule has 32 heavy (non-hydrogen) atoms. The summed E-state index contributed by atoms with van der Waals surface area (Å²) in [7, 11) is 0. The van der Waals surface area contributed by atoms with E-state index in [1.54, 1.807) is 34.1 Å². The Balaban J connectivity index is 1.12. The zero-order valence-electron chi connectivity index (χ0n) is 17.4. The van der Waals surface area contributed by atoms with Crippen LogP contribution in [0.4, 0.5) is 0 Å². The molecular weight excluding hydrogens is 412 g/mol. The van der Waals surface area contributed by atoms with Gasteiger partial charge in [-0.15, -0.1) is 0 Å². The Labute approximate surface area is 185 Å². The predicted octanol–water partition coefficient (Wildman–Crippen LogP) is 2.54. The highest BCUT2D eigenvalue weighted by molar-refractivity contribution is 5.93. The average molecular weight is 434 g/mol. The number of ether oxygens (including phenoxy) is 4. The van der Waals surface area contributed by atoms with E-state index in [2.05, 4.69) is 0 Å². The third-order valence-electron chi connectivity index (χ3n) is 5.53. The minimum absolute atomic E-state index is 0.0781. The summed E-state index contributed by atoms with van der Waals surface area (Å²) < 4.78 is 21.3. The van der Waals surface area contributed by atoms with Crippen LogP contribution >= 0.6 is 0 Å². The number of rotatable bonds is 4. The first-order chi connectivity index (χ1) is 15.7. The third-order valence-corrected chi connectivity index (χ3v) is 5.53. The molecule has 0 spiro atoms. The van der Waals surface area contributed by atoms with Crippen LogP contribution in [0.2, 0.25) is 0 Å². The lowest BCUT2D eigenvalue weighted by Crippen LogP contribution is -2.49. The lowest BCUT2D eigenvalue weighted by molar-refractivity contribution is -0.133. The quantitative estimate of drug-likeness (QED) is 0.689. The van der Waals surface area contributed by atoms with Gasteiger partial charge in [0, 0.05) is 38.3 Å². The van der Waals surface area contributed by atoms with E-state index < -0.39 is 0 Å². The van der Waals surface area contributed by atoms with E-state index in [-0.39, 0.29) is 25.4 Å². The Hall–Kier alpha value is -3.94. The second-order valence-electron chi connectivity index (χ2n) is 7.54. The minimum Gasteiger partial charge on any atom is -0.454 e. The summed E-state index contributed by atoms with van der Waals surface area (Å²) in [6, 6.07) is 11.1. The molecule has 0 N–H and O–H groups in total. The van der Waals surface area contributed by atoms with Crippen molar-refractivity contribution in [1.29, 1.82) is 0 Å². The average Bonchev–Trinajstić information content (AvgIpc) is 3.49. The molecule has 3 aliphatic heterocycles. The standard InChI is InChI=1S/C24H22N2O6/c27-23(7-3-17-1-5-19-21(13-17)31-15-29-19)25-9-11-26(12-10-25)24(28)8-4-18-2-6-20-22(14-18)32-16-30-20/h1-8,13-14H,9-12,15-16H2/b7-3-,8-4+. The second kappa shape index (κ2) is 8.66. The van der Waals surface area contributed by atoms with Crippen LogP contribution in [0.1, 0.15) is 11.1 Å². The number of nitrogens with zero attached hydrogens (tertiary/aromatic N) is 2. The smallest absolute Gasteiger partial charge is 0.246 e. The molecule has 2 aromatic carbocycles. The van der Waals surface area contributed by atoms with Crippen LogP contribution < -0.4 is 18.9 Å². The van der Waals surface area contributed by atoms with Gasteiger partial charge in [0.15, 0.2) is 23.0 Å². The Morgan fingerprint density at radius 2 is 1.03 bits per heavy atom. The number of fused-ring (bicyclic) bond motifs is 2. The van der Waals surface area contributed by atoms with E-state index in [1.807, 2.05) is 36.4 Å². The number of hydrogen-bond acceptors (Lipinski definition) is 6. The molecule has 0 aromatic heterocycles. The molecule has 2 amide bonds. The lowest BCUT2D eigenvalue weighted by Gasteiger charge is -2.33. The van der Waals surface area contributed by atoms with Gasteiger partial charge in [0.05, 0.1) is 0 Å². The minimum atomic E-state index is -0.0781. The third kappa shape index (κ3) is 4.25. The van der Waals surface area contributed by atoms with Crippen molar-refractivity contribution in [3.63, 3.8) is 0 Å². The maximum Gasteiger partial charge on any atom is 0.246 e. The summed E-state index contributed by atoms with van der Waals surface area (Å²) >= 11 is 0. The van der Waals surface area contributed by atoms with Crippen molar-refractivity contribution in [2.24, 2.45) is 0 Å². The molecule has 0 unspecified atom stereocenters. The number of carbonyl (C=O) groups is 2. The van der Waals surface area contributed by atoms with E-state index in [0.717, 1.165) is 11.1 Å². The number of benzene rings is 2. The van der Waals surface area contributed by atoms with E-state index in [9.17, 15) is 9.59 Å². The Morgan fingerprint density at radius 1 is 0.625 bits per heavy atom. The van der Waals surface area contributed by atoms with Crippen LogP contribution in [0.25, 0.3) is 12.2 Å². The molecule has 8 heteroatoms. The summed E-state index contributed by atoms with van der Waals surface area (Å²) in [6.45, 7) is 2.41. The first-order valence-electron chi connectivity index (χ1n) is 10.4. The van der Waals surface area contributed by atoms with Crippen LogP contribution in [-0.2, 0) is 9.59 Å². The molecule has 5 rings (SSSR count). The zero-order valence-corrected chi connectivity index (χ0v) is 17.4. The fourth-order valence-electron chi connectivity index (χ4n) is 3.73. The van der Waals surface area contributed by atoms with Gasteiger partial charge in [-0.05, 0) is 47.5 Å². The maximum absolute atomic E-state index is 12.5. The molecule has 164 valence electrons. The molecule has 1 fully saturated rings. The normalized spacial score (nSPS) is 16.9. The van der Waals surface area contributed by atoms with Crippen LogP contribution in [0, 0.1) is 0 Å². The van der Waals surface area contributed by atoms with Crippen LogP contribution in [0.5, 0.6) is 23.0 Å². The zero-order chi connectivity index (χ0) is 21.9. The van der Waals surface area contributed by atoms with Crippen molar-refractivity contribution in [1.82, 2.24) is 9.80 Å². The van der Waals surface area contributed by atoms with Gasteiger partial charge in [-0.2, -0.15) is 0 Å². The first kappa shape index (κ1) is 20.0. The summed E-state index contributed by atoms with van der Waals surface area (Å²) in [5, 5.41) is 0. The van der Waals surface area contributed by atoms with Gasteiger partial charge in [-0.1, -0.05) is 12.1 Å². The number of carbonyl (C=O) groups excluding carboxylic acids is 2. The van der Waals surface area contributed by atoms with Crippen molar-refractivity contribution in [2.45, 2.75) is 0 Å². The number of piperazine rings is 1. The molecule has 0 atom stereocenters. The van der Waals surface area contributed by atoms with Gasteiger partial charge in [0.25, 0.3) is 0 Å². The molecule has 0 saturated carbocycles. The van der Waals surface area contributed by atoms with Crippen molar-refractivity contribution in [2.75, 3.05) is 39.8 Å². The predicted molar refractivity (Wildman–Crippen MR) is 116 cm³/mol. The monoisotopic (exact) mass is 434 g/mol. The van der Waals surface area contributed by atoms with Gasteiger partial charge < -0.3 is 28.7 Å². The highest BCUT2D eigenvalue weighted by atomic mass is 16.7. The topological polar surface area (TPSA) is 77.5 Å². The fraction of sp³-hybridized carbons (Fsp3) is 0.250. The summed E-state index contributed by atoms with van der Waals surface area (Å²) in [5.74, 6) is 2.63. The Morgan fingerprint density at radius 3 is 1.47 bits per heavy atom. The molecule has 0 aliphatic carbocycles. The molecule has 3 aliphatic rings. The maximum atomic E-state index is 12.5. The van der Waals surface area contributed by atoms with E-state index in [0.29, 0.717) is 49.2 Å². The van der Waals surface area contributed by atoms with Gasteiger partial charge in [0.1, 0.15) is 0 Å².